The van der Waals surface area contributed by atoms with Crippen molar-refractivity contribution in [1.29, 1.82) is 0 Å². The molecule has 0 spiro atoms. The first-order valence-corrected chi connectivity index (χ1v) is 16.4. The smallest absolute Gasteiger partial charge is 0.408 e. The molecule has 3 unspecified atom stereocenters. The van der Waals surface area contributed by atoms with Gasteiger partial charge in [0.2, 0.25) is 5.91 Å². The van der Waals surface area contributed by atoms with Crippen molar-refractivity contribution < 1.29 is 19.1 Å². The standard InChI is InChI=1S/C38H50ClN3O4/c1-24(2)18-19-28(6)42(36(44)32(23-29-15-11-10-12-16-29)40-37(45)46-38(7,8)9)34(30-21-25(3)20-26(4)22-30)35(43)41-33-27(5)14-13-17-31(33)39/h10-17,20-22,24,28,32,34H,18-19,23H2,1-9H3,(H,40,45)(H,41,43). The molecular formula is C38H50ClN3O4. The molecule has 0 bridgehead atoms. The van der Waals surface area contributed by atoms with Gasteiger partial charge in [0.05, 0.1) is 10.7 Å². The van der Waals surface area contributed by atoms with Gasteiger partial charge >= 0.3 is 6.09 Å². The Balaban J connectivity index is 2.19. The summed E-state index contributed by atoms with van der Waals surface area (Å²) in [5.74, 6) is -0.374. The van der Waals surface area contributed by atoms with Gasteiger partial charge in [0.1, 0.15) is 17.7 Å². The molecule has 3 aromatic rings. The maximum atomic E-state index is 15.0. The van der Waals surface area contributed by atoms with Crippen molar-refractivity contribution in [3.05, 3.63) is 99.6 Å². The van der Waals surface area contributed by atoms with Crippen LogP contribution in [0.3, 0.4) is 0 Å². The average molecular weight is 648 g/mol. The summed E-state index contributed by atoms with van der Waals surface area (Å²) in [4.78, 5) is 44.3. The van der Waals surface area contributed by atoms with Crippen LogP contribution in [0.25, 0.3) is 0 Å². The topological polar surface area (TPSA) is 87.7 Å². The molecule has 3 atom stereocenters. The molecule has 0 fully saturated rings. The van der Waals surface area contributed by atoms with Crippen molar-refractivity contribution in [3.8, 4) is 0 Å². The van der Waals surface area contributed by atoms with E-state index in [4.69, 9.17) is 16.3 Å². The monoisotopic (exact) mass is 647 g/mol. The Labute approximate surface area is 280 Å². The van der Waals surface area contributed by atoms with E-state index in [2.05, 4.69) is 24.5 Å². The fourth-order valence-electron chi connectivity index (χ4n) is 5.58. The number of anilines is 1. The largest absolute Gasteiger partial charge is 0.444 e. The number of rotatable bonds is 12. The molecule has 0 aliphatic heterocycles. The van der Waals surface area contributed by atoms with E-state index in [-0.39, 0.29) is 24.3 Å². The molecule has 2 N–H and O–H groups in total. The highest BCUT2D eigenvalue weighted by Crippen LogP contribution is 2.32. The summed E-state index contributed by atoms with van der Waals surface area (Å²) in [6, 6.07) is 18.5. The zero-order chi connectivity index (χ0) is 34.2. The van der Waals surface area contributed by atoms with Crippen LogP contribution < -0.4 is 10.6 Å². The summed E-state index contributed by atoms with van der Waals surface area (Å²) >= 11 is 6.56. The van der Waals surface area contributed by atoms with E-state index < -0.39 is 23.8 Å². The fourth-order valence-corrected chi connectivity index (χ4v) is 5.85. The van der Waals surface area contributed by atoms with Crippen LogP contribution >= 0.6 is 11.6 Å². The third-order valence-electron chi connectivity index (χ3n) is 7.72. The van der Waals surface area contributed by atoms with Gasteiger partial charge in [-0.1, -0.05) is 97.2 Å². The minimum Gasteiger partial charge on any atom is -0.444 e. The Morgan fingerprint density at radius 2 is 1.50 bits per heavy atom. The van der Waals surface area contributed by atoms with E-state index >= 15 is 0 Å². The van der Waals surface area contributed by atoms with Crippen molar-refractivity contribution in [2.45, 2.75) is 105 Å². The minimum absolute atomic E-state index is 0.219. The minimum atomic E-state index is -1.01. The Morgan fingerprint density at radius 3 is 2.07 bits per heavy atom. The number of para-hydroxylation sites is 1. The Bertz CT molecular complexity index is 1460. The van der Waals surface area contributed by atoms with Crippen LogP contribution in [0.2, 0.25) is 5.02 Å². The number of benzene rings is 3. The molecule has 3 aromatic carbocycles. The van der Waals surface area contributed by atoms with E-state index in [1.165, 1.54) is 0 Å². The number of amides is 3. The quantitative estimate of drug-likeness (QED) is 0.206. The lowest BCUT2D eigenvalue weighted by atomic mass is 9.94. The number of aryl methyl sites for hydroxylation is 3. The number of halogens is 1. The number of carbonyl (C=O) groups is 3. The van der Waals surface area contributed by atoms with Gasteiger partial charge in [-0.3, -0.25) is 9.59 Å². The van der Waals surface area contributed by atoms with Gasteiger partial charge in [0.25, 0.3) is 5.91 Å². The molecule has 46 heavy (non-hydrogen) atoms. The van der Waals surface area contributed by atoms with Crippen LogP contribution in [-0.4, -0.2) is 40.5 Å². The first-order valence-electron chi connectivity index (χ1n) is 16.1. The summed E-state index contributed by atoms with van der Waals surface area (Å²) in [6.07, 6.45) is 1.03. The molecule has 0 radical (unpaired) electrons. The number of nitrogens with zero attached hydrogens (tertiary/aromatic N) is 1. The van der Waals surface area contributed by atoms with Crippen LogP contribution in [0.1, 0.15) is 88.2 Å². The molecule has 3 rings (SSSR count). The second kappa shape index (κ2) is 16.1. The van der Waals surface area contributed by atoms with Crippen molar-refractivity contribution in [2.75, 3.05) is 5.32 Å². The van der Waals surface area contributed by atoms with Crippen molar-refractivity contribution in [1.82, 2.24) is 10.2 Å². The number of ether oxygens (including phenoxy) is 1. The third-order valence-corrected chi connectivity index (χ3v) is 8.03. The summed E-state index contributed by atoms with van der Waals surface area (Å²) in [5, 5.41) is 6.32. The number of nitrogens with one attached hydrogen (secondary N) is 2. The summed E-state index contributed by atoms with van der Waals surface area (Å²) in [6.45, 7) is 17.4. The zero-order valence-electron chi connectivity index (χ0n) is 28.7. The molecule has 7 nitrogen and oxygen atoms in total. The molecule has 8 heteroatoms. The van der Waals surface area contributed by atoms with E-state index in [9.17, 15) is 14.4 Å². The van der Waals surface area contributed by atoms with Gasteiger partial charge in [0.15, 0.2) is 0 Å². The second-order valence-corrected chi connectivity index (χ2v) is 14.1. The average Bonchev–Trinajstić information content (AvgIpc) is 2.94. The highest BCUT2D eigenvalue weighted by atomic mass is 35.5. The Kier molecular flexibility index (Phi) is 12.8. The lowest BCUT2D eigenvalue weighted by Gasteiger charge is -2.39. The maximum Gasteiger partial charge on any atom is 0.408 e. The predicted molar refractivity (Wildman–Crippen MR) is 187 cm³/mol. The van der Waals surface area contributed by atoms with Crippen LogP contribution in [-0.2, 0) is 20.7 Å². The summed E-state index contributed by atoms with van der Waals surface area (Å²) < 4.78 is 5.59. The lowest BCUT2D eigenvalue weighted by molar-refractivity contribution is -0.143. The Hall–Kier alpha value is -3.84. The second-order valence-electron chi connectivity index (χ2n) is 13.7. The van der Waals surface area contributed by atoms with Gasteiger partial charge < -0.3 is 20.3 Å². The van der Waals surface area contributed by atoms with Crippen LogP contribution in [0.4, 0.5) is 10.5 Å². The highest BCUT2D eigenvalue weighted by molar-refractivity contribution is 6.34. The summed E-state index contributed by atoms with van der Waals surface area (Å²) in [7, 11) is 0. The molecule has 0 aromatic heterocycles. The fraction of sp³-hybridized carbons (Fsp3) is 0.447. The van der Waals surface area contributed by atoms with E-state index in [0.29, 0.717) is 28.6 Å². The Morgan fingerprint density at radius 1 is 0.870 bits per heavy atom. The van der Waals surface area contributed by atoms with Gasteiger partial charge in [-0.15, -0.1) is 0 Å². The van der Waals surface area contributed by atoms with Crippen molar-refractivity contribution in [2.24, 2.45) is 5.92 Å². The molecule has 0 aliphatic carbocycles. The van der Waals surface area contributed by atoms with Gasteiger partial charge in [-0.25, -0.2) is 4.79 Å². The molecule has 0 aliphatic rings. The van der Waals surface area contributed by atoms with Crippen LogP contribution in [0, 0.1) is 26.7 Å². The predicted octanol–water partition coefficient (Wildman–Crippen LogP) is 8.73. The number of carbonyl (C=O) groups excluding carboxylic acids is 3. The molecule has 0 saturated carbocycles. The van der Waals surface area contributed by atoms with Crippen LogP contribution in [0.15, 0.2) is 66.7 Å². The SMILES string of the molecule is Cc1cc(C)cc(C(C(=O)Nc2c(C)cccc2Cl)N(C(=O)C(Cc2ccccc2)NC(=O)OC(C)(C)C)C(C)CCC(C)C)c1. The highest BCUT2D eigenvalue weighted by Gasteiger charge is 2.39. The van der Waals surface area contributed by atoms with Gasteiger partial charge in [-0.05, 0) is 90.0 Å². The molecule has 0 heterocycles. The van der Waals surface area contributed by atoms with E-state index in [1.54, 1.807) is 31.7 Å². The third kappa shape index (κ3) is 10.6. The van der Waals surface area contributed by atoms with E-state index in [0.717, 1.165) is 28.7 Å². The van der Waals surface area contributed by atoms with E-state index in [1.807, 2.05) is 88.4 Å². The normalized spacial score (nSPS) is 13.5. The van der Waals surface area contributed by atoms with Crippen molar-refractivity contribution in [3.63, 3.8) is 0 Å². The first kappa shape index (κ1) is 36.6. The first-order chi connectivity index (χ1) is 21.6. The number of alkyl carbamates (subject to hydrolysis) is 1. The maximum absolute atomic E-state index is 15.0. The summed E-state index contributed by atoms with van der Waals surface area (Å²) in [5.41, 5.74) is 4.03. The molecule has 248 valence electrons. The molecule has 3 amide bonds. The lowest BCUT2D eigenvalue weighted by Crippen LogP contribution is -2.55. The number of hydrogen-bond acceptors (Lipinski definition) is 4. The van der Waals surface area contributed by atoms with Gasteiger partial charge in [0, 0.05) is 12.5 Å². The molecular weight excluding hydrogens is 598 g/mol. The zero-order valence-corrected chi connectivity index (χ0v) is 29.5. The van der Waals surface area contributed by atoms with Crippen molar-refractivity contribution >= 4 is 35.2 Å². The van der Waals surface area contributed by atoms with Gasteiger partial charge in [-0.2, -0.15) is 0 Å². The number of hydrogen-bond donors (Lipinski definition) is 2. The molecule has 0 saturated heterocycles. The van der Waals surface area contributed by atoms with Crippen LogP contribution in [0.5, 0.6) is 0 Å².